The van der Waals surface area contributed by atoms with Crippen molar-refractivity contribution in [3.63, 3.8) is 0 Å². The predicted octanol–water partition coefficient (Wildman–Crippen LogP) is 4.73. The number of hydrogen-bond acceptors (Lipinski definition) is 6. The summed E-state index contributed by atoms with van der Waals surface area (Å²) in [7, 11) is -3.83. The molecule has 0 spiro atoms. The van der Waals surface area contributed by atoms with Crippen molar-refractivity contribution >= 4 is 13.6 Å². The van der Waals surface area contributed by atoms with Gasteiger partial charge in [-0.15, -0.1) is 0 Å². The number of carboxylic acids is 1. The molecule has 1 N–H and O–H groups in total. The van der Waals surface area contributed by atoms with Crippen LogP contribution in [0.2, 0.25) is 0 Å². The quantitative estimate of drug-likeness (QED) is 0.198. The average molecular weight is 495 g/mol. The lowest BCUT2D eigenvalue weighted by Crippen LogP contribution is -2.45. The van der Waals surface area contributed by atoms with Crippen LogP contribution >= 0.6 is 7.60 Å². The molecule has 0 aromatic heterocycles. The highest BCUT2D eigenvalue weighted by atomic mass is 31.2. The zero-order valence-electron chi connectivity index (χ0n) is 20.3. The van der Waals surface area contributed by atoms with Gasteiger partial charge in [-0.1, -0.05) is 91.0 Å². The highest BCUT2D eigenvalue weighted by Gasteiger charge is 2.38. The number of benzene rings is 3. The Morgan fingerprint density at radius 3 is 1.57 bits per heavy atom. The molecule has 35 heavy (non-hydrogen) atoms. The minimum absolute atomic E-state index is 0.0957. The molecule has 186 valence electrons. The van der Waals surface area contributed by atoms with E-state index in [1.807, 2.05) is 54.6 Å². The summed E-state index contributed by atoms with van der Waals surface area (Å²) >= 11 is 0. The van der Waals surface area contributed by atoms with Gasteiger partial charge in [-0.05, 0) is 49.9 Å². The summed E-state index contributed by atoms with van der Waals surface area (Å²) in [5, 5.41) is 15.6. The van der Waals surface area contributed by atoms with Crippen LogP contribution in [-0.2, 0) is 23.9 Å². The fourth-order valence-corrected chi connectivity index (χ4v) is 6.34. The molecule has 6 nitrogen and oxygen atoms in total. The third kappa shape index (κ3) is 6.28. The number of hydrogen-bond donors (Lipinski definition) is 1. The molecule has 0 bridgehead atoms. The van der Waals surface area contributed by atoms with Crippen LogP contribution in [0.5, 0.6) is 0 Å². The van der Waals surface area contributed by atoms with Gasteiger partial charge in [0.1, 0.15) is 5.66 Å². The lowest BCUT2D eigenvalue weighted by Gasteiger charge is -2.37. The Bertz CT molecular complexity index is 985. The monoisotopic (exact) mass is 494 g/mol. The standard InChI is InChI=1S/C28H34NO5P/c1-3-33-35(32,34-4-2)26(27(30)31)21-14-22-29-28(23-15-8-5-9-16-23,24-17-10-6-11-18-24)25-19-12-7-13-20-25/h5-13,15-20,26,29H,3-4,14,21-22H2,1-2H3,(H,30,31)/p-1. The molecule has 1 unspecified atom stereocenters. The first-order valence-corrected chi connectivity index (χ1v) is 13.6. The van der Waals surface area contributed by atoms with E-state index in [-0.39, 0.29) is 19.6 Å². The Labute approximate surface area is 207 Å². The van der Waals surface area contributed by atoms with E-state index in [1.165, 1.54) is 0 Å². The molecule has 0 fully saturated rings. The third-order valence-electron chi connectivity index (χ3n) is 5.94. The normalized spacial score (nSPS) is 12.9. The second kappa shape index (κ2) is 12.8. The second-order valence-corrected chi connectivity index (χ2v) is 10.3. The van der Waals surface area contributed by atoms with Gasteiger partial charge in [0.05, 0.1) is 24.7 Å². The van der Waals surface area contributed by atoms with E-state index in [9.17, 15) is 14.5 Å². The van der Waals surface area contributed by atoms with Gasteiger partial charge in [0.15, 0.2) is 0 Å². The van der Waals surface area contributed by atoms with Gasteiger partial charge in [0, 0.05) is 0 Å². The van der Waals surface area contributed by atoms with E-state index in [1.54, 1.807) is 13.8 Å². The molecule has 3 aromatic carbocycles. The largest absolute Gasteiger partial charge is 0.549 e. The van der Waals surface area contributed by atoms with E-state index >= 15 is 0 Å². The zero-order valence-corrected chi connectivity index (χ0v) is 21.2. The fraction of sp³-hybridized carbons (Fsp3) is 0.321. The summed E-state index contributed by atoms with van der Waals surface area (Å²) in [6.07, 6.45) is 0.526. The van der Waals surface area contributed by atoms with Gasteiger partial charge in [0.2, 0.25) is 0 Å². The van der Waals surface area contributed by atoms with Crippen molar-refractivity contribution in [1.82, 2.24) is 5.32 Å². The maximum Gasteiger partial charge on any atom is 0.339 e. The van der Waals surface area contributed by atoms with Crippen molar-refractivity contribution in [1.29, 1.82) is 0 Å². The van der Waals surface area contributed by atoms with Crippen molar-refractivity contribution in [2.75, 3.05) is 19.8 Å². The van der Waals surface area contributed by atoms with Gasteiger partial charge in [-0.3, -0.25) is 9.88 Å². The number of carbonyl (C=O) groups excluding carboxylic acids is 1. The van der Waals surface area contributed by atoms with Crippen molar-refractivity contribution in [2.45, 2.75) is 37.9 Å². The molecule has 0 amide bonds. The first-order valence-electron chi connectivity index (χ1n) is 12.0. The number of carbonyl (C=O) groups is 1. The Kier molecular flexibility index (Phi) is 9.82. The van der Waals surface area contributed by atoms with Gasteiger partial charge < -0.3 is 18.9 Å². The van der Waals surface area contributed by atoms with Crippen molar-refractivity contribution in [2.24, 2.45) is 0 Å². The van der Waals surface area contributed by atoms with Crippen molar-refractivity contribution in [3.05, 3.63) is 108 Å². The van der Waals surface area contributed by atoms with E-state index in [4.69, 9.17) is 9.05 Å². The molecule has 0 radical (unpaired) electrons. The smallest absolute Gasteiger partial charge is 0.339 e. The van der Waals surface area contributed by atoms with E-state index in [0.717, 1.165) is 16.7 Å². The summed E-state index contributed by atoms with van der Waals surface area (Å²) in [5.74, 6) is -1.42. The SMILES string of the molecule is CCOP(=O)(OCC)C(CCCNC(c1ccccc1)(c1ccccc1)c1ccccc1)C(=O)[O-]. The molecule has 0 heterocycles. The summed E-state index contributed by atoms with van der Waals surface area (Å²) in [5.41, 5.74) is 1.18. The van der Waals surface area contributed by atoms with Crippen LogP contribution in [0.25, 0.3) is 0 Å². The van der Waals surface area contributed by atoms with Crippen LogP contribution in [0.15, 0.2) is 91.0 Å². The molecular weight excluding hydrogens is 461 g/mol. The Morgan fingerprint density at radius 2 is 1.23 bits per heavy atom. The highest BCUT2D eigenvalue weighted by Crippen LogP contribution is 2.54. The van der Waals surface area contributed by atoms with E-state index < -0.39 is 24.8 Å². The molecule has 0 aliphatic heterocycles. The van der Waals surface area contributed by atoms with Crippen LogP contribution in [0.1, 0.15) is 43.4 Å². The molecule has 3 rings (SSSR count). The first-order chi connectivity index (χ1) is 17.0. The Balaban J connectivity index is 1.92. The maximum absolute atomic E-state index is 13.1. The van der Waals surface area contributed by atoms with Crippen LogP contribution in [0.4, 0.5) is 0 Å². The van der Waals surface area contributed by atoms with Gasteiger partial charge in [-0.25, -0.2) is 0 Å². The minimum atomic E-state index is -3.83. The summed E-state index contributed by atoms with van der Waals surface area (Å²) in [4.78, 5) is 11.9. The summed E-state index contributed by atoms with van der Waals surface area (Å²) in [6.45, 7) is 3.97. The maximum atomic E-state index is 13.1. The van der Waals surface area contributed by atoms with Crippen LogP contribution in [-0.4, -0.2) is 31.4 Å². The molecule has 0 saturated heterocycles. The molecule has 0 saturated carbocycles. The second-order valence-electron chi connectivity index (χ2n) is 8.13. The third-order valence-corrected chi connectivity index (χ3v) is 8.41. The Morgan fingerprint density at radius 1 is 0.829 bits per heavy atom. The number of carboxylic acid groups (broad SMARTS) is 1. The summed E-state index contributed by atoms with van der Waals surface area (Å²) < 4.78 is 23.7. The lowest BCUT2D eigenvalue weighted by molar-refractivity contribution is -0.305. The minimum Gasteiger partial charge on any atom is -0.549 e. The molecule has 0 aliphatic carbocycles. The lowest BCUT2D eigenvalue weighted by atomic mass is 9.77. The van der Waals surface area contributed by atoms with E-state index in [0.29, 0.717) is 13.0 Å². The van der Waals surface area contributed by atoms with Crippen LogP contribution in [0.3, 0.4) is 0 Å². The predicted molar refractivity (Wildman–Crippen MR) is 136 cm³/mol. The molecule has 3 aromatic rings. The number of rotatable bonds is 14. The van der Waals surface area contributed by atoms with Gasteiger partial charge in [-0.2, -0.15) is 0 Å². The van der Waals surface area contributed by atoms with Crippen LogP contribution in [0, 0.1) is 0 Å². The van der Waals surface area contributed by atoms with Crippen LogP contribution < -0.4 is 10.4 Å². The summed E-state index contributed by atoms with van der Waals surface area (Å²) in [6, 6.07) is 30.4. The van der Waals surface area contributed by atoms with Gasteiger partial charge >= 0.3 is 7.60 Å². The topological polar surface area (TPSA) is 87.7 Å². The number of nitrogens with one attached hydrogen (secondary N) is 1. The molecule has 7 heteroatoms. The number of aliphatic carboxylic acids is 1. The average Bonchev–Trinajstić information content (AvgIpc) is 2.88. The van der Waals surface area contributed by atoms with Crippen molar-refractivity contribution in [3.8, 4) is 0 Å². The van der Waals surface area contributed by atoms with Gasteiger partial charge in [0.25, 0.3) is 0 Å². The molecule has 0 aliphatic rings. The van der Waals surface area contributed by atoms with Crippen molar-refractivity contribution < 1.29 is 23.5 Å². The molecular formula is C28H33NO5P-. The highest BCUT2D eigenvalue weighted by molar-refractivity contribution is 7.55. The zero-order chi connectivity index (χ0) is 25.2. The van der Waals surface area contributed by atoms with E-state index in [2.05, 4.69) is 41.7 Å². The fourth-order valence-electron chi connectivity index (χ4n) is 4.42. The first kappa shape index (κ1) is 26.8. The Hall–Kier alpha value is -2.76. The molecule has 1 atom stereocenters.